The number of hydrogen-bond donors (Lipinski definition) is 1. The molecule has 1 N–H and O–H groups in total. The molecule has 0 aromatic heterocycles. The Bertz CT molecular complexity index is 626. The third-order valence-electron chi connectivity index (χ3n) is 3.13. The largest absolute Gasteiger partial charge is 0.362 e. The highest BCUT2D eigenvalue weighted by Crippen LogP contribution is 2.26. The van der Waals surface area contributed by atoms with Gasteiger partial charge in [0.25, 0.3) is 0 Å². The number of benzene rings is 2. The maximum Gasteiger partial charge on any atom is 0.150 e. The second-order valence-corrected chi connectivity index (χ2v) is 4.21. The number of ether oxygens (including phenoxy) is 1. The average Bonchev–Trinajstić information content (AvgIpc) is 2.46. The lowest BCUT2D eigenvalue weighted by molar-refractivity contribution is -0.105. The van der Waals surface area contributed by atoms with Crippen LogP contribution in [0, 0.1) is 0 Å². The van der Waals surface area contributed by atoms with Crippen molar-refractivity contribution in [1.29, 1.82) is 0 Å². The third kappa shape index (κ3) is 1.79. The van der Waals surface area contributed by atoms with E-state index in [1.807, 2.05) is 24.3 Å². The van der Waals surface area contributed by atoms with E-state index in [0.29, 0.717) is 18.9 Å². The summed E-state index contributed by atoms with van der Waals surface area (Å²) in [5, 5.41) is 5.46. The Labute approximate surface area is 105 Å². The summed E-state index contributed by atoms with van der Waals surface area (Å²) in [5.74, 6) is 0. The molecule has 3 rings (SSSR count). The van der Waals surface area contributed by atoms with Crippen molar-refractivity contribution in [3.05, 3.63) is 53.6 Å². The minimum absolute atomic E-state index is 0.370. The molecule has 0 atom stereocenters. The number of rotatable bonds is 2. The highest BCUT2D eigenvalue weighted by Gasteiger charge is 2.15. The van der Waals surface area contributed by atoms with Crippen molar-refractivity contribution >= 4 is 22.8 Å². The maximum absolute atomic E-state index is 11.1. The molecule has 18 heavy (non-hydrogen) atoms. The lowest BCUT2D eigenvalue weighted by atomic mass is 9.99. The van der Waals surface area contributed by atoms with E-state index in [9.17, 15) is 4.79 Å². The molecule has 1 heterocycles. The fourth-order valence-corrected chi connectivity index (χ4v) is 2.27. The van der Waals surface area contributed by atoms with Gasteiger partial charge in [-0.2, -0.15) is 0 Å². The zero-order valence-corrected chi connectivity index (χ0v) is 9.85. The molecule has 1 aliphatic rings. The monoisotopic (exact) mass is 239 g/mol. The lowest BCUT2D eigenvalue weighted by Gasteiger charge is -2.21. The van der Waals surface area contributed by atoms with Gasteiger partial charge in [-0.1, -0.05) is 42.5 Å². The summed E-state index contributed by atoms with van der Waals surface area (Å²) in [6.45, 7) is 0.810. The van der Waals surface area contributed by atoms with E-state index in [1.54, 1.807) is 0 Å². The molecule has 0 aliphatic carbocycles. The molecule has 0 saturated heterocycles. The molecule has 2 aromatic rings. The van der Waals surface area contributed by atoms with Gasteiger partial charge in [-0.05, 0) is 10.8 Å². The molecule has 0 amide bonds. The number of nitrogens with one attached hydrogen (secondary N) is 1. The quantitative estimate of drug-likeness (QED) is 0.817. The maximum atomic E-state index is 11.1. The molecule has 0 fully saturated rings. The summed E-state index contributed by atoms with van der Waals surface area (Å²) in [4.78, 5) is 11.1. The van der Waals surface area contributed by atoms with Crippen LogP contribution in [0.4, 0.5) is 0 Å². The first-order valence-electron chi connectivity index (χ1n) is 5.88. The van der Waals surface area contributed by atoms with Gasteiger partial charge in [-0.3, -0.25) is 4.79 Å². The van der Waals surface area contributed by atoms with E-state index in [0.717, 1.165) is 22.9 Å². The van der Waals surface area contributed by atoms with Crippen LogP contribution in [0.5, 0.6) is 0 Å². The zero-order chi connectivity index (χ0) is 12.4. The summed E-state index contributed by atoms with van der Waals surface area (Å²) < 4.78 is 5.24. The number of fused-ring (bicyclic) bond motifs is 1. The minimum Gasteiger partial charge on any atom is -0.362 e. The van der Waals surface area contributed by atoms with Crippen LogP contribution in [-0.2, 0) is 9.53 Å². The van der Waals surface area contributed by atoms with Gasteiger partial charge in [0, 0.05) is 11.1 Å². The van der Waals surface area contributed by atoms with E-state index in [4.69, 9.17) is 4.74 Å². The molecular weight excluding hydrogens is 226 g/mol. The van der Waals surface area contributed by atoms with Gasteiger partial charge < -0.3 is 10.1 Å². The number of hydrogen-bond acceptors (Lipinski definition) is 3. The van der Waals surface area contributed by atoms with Crippen LogP contribution in [-0.4, -0.2) is 19.6 Å². The summed E-state index contributed by atoms with van der Waals surface area (Å²) in [5.41, 5.74) is 2.60. The number of carbonyl (C=O) groups is 1. The van der Waals surface area contributed by atoms with Crippen molar-refractivity contribution in [2.45, 2.75) is 0 Å². The minimum atomic E-state index is 0.370. The highest BCUT2D eigenvalue weighted by atomic mass is 16.5. The van der Waals surface area contributed by atoms with Crippen LogP contribution in [0.25, 0.3) is 16.5 Å². The van der Waals surface area contributed by atoms with Gasteiger partial charge >= 0.3 is 0 Å². The van der Waals surface area contributed by atoms with Gasteiger partial charge in [-0.25, -0.2) is 0 Å². The molecule has 0 bridgehead atoms. The summed E-state index contributed by atoms with van der Waals surface area (Å²) in [7, 11) is 0. The van der Waals surface area contributed by atoms with Gasteiger partial charge in [0.2, 0.25) is 0 Å². The Morgan fingerprint density at radius 3 is 2.83 bits per heavy atom. The van der Waals surface area contributed by atoms with Crippen LogP contribution in [0.15, 0.2) is 48.0 Å². The third-order valence-corrected chi connectivity index (χ3v) is 3.13. The van der Waals surface area contributed by atoms with Crippen molar-refractivity contribution in [3.63, 3.8) is 0 Å². The van der Waals surface area contributed by atoms with E-state index < -0.39 is 0 Å². The Morgan fingerprint density at radius 2 is 1.94 bits per heavy atom. The topological polar surface area (TPSA) is 38.3 Å². The second-order valence-electron chi connectivity index (χ2n) is 4.21. The first kappa shape index (κ1) is 11.0. The van der Waals surface area contributed by atoms with Gasteiger partial charge in [-0.15, -0.1) is 0 Å². The molecule has 2 aromatic carbocycles. The van der Waals surface area contributed by atoms with Crippen molar-refractivity contribution in [3.8, 4) is 0 Å². The molecule has 3 nitrogen and oxygen atoms in total. The van der Waals surface area contributed by atoms with E-state index in [2.05, 4.69) is 23.5 Å². The molecule has 0 saturated carbocycles. The van der Waals surface area contributed by atoms with Gasteiger partial charge in [0.15, 0.2) is 0 Å². The Balaban J connectivity index is 2.25. The lowest BCUT2D eigenvalue weighted by Crippen LogP contribution is -2.26. The molecular formula is C15H13NO2. The molecule has 0 unspecified atom stereocenters. The first-order chi connectivity index (χ1) is 8.90. The summed E-state index contributed by atoms with van der Waals surface area (Å²) in [6.07, 6.45) is 0.864. The second kappa shape index (κ2) is 4.63. The Kier molecular flexibility index (Phi) is 2.82. The fourth-order valence-electron chi connectivity index (χ4n) is 2.27. The molecule has 0 radical (unpaired) electrons. The van der Waals surface area contributed by atoms with Crippen LogP contribution < -0.4 is 5.32 Å². The van der Waals surface area contributed by atoms with Crippen LogP contribution in [0.1, 0.15) is 5.56 Å². The van der Waals surface area contributed by atoms with Gasteiger partial charge in [0.05, 0.1) is 12.3 Å². The Hall–Kier alpha value is -2.13. The van der Waals surface area contributed by atoms with Crippen LogP contribution >= 0.6 is 0 Å². The smallest absolute Gasteiger partial charge is 0.150 e. The standard InChI is InChI=1S/C15H13NO2/c17-8-12-9-18-10-16-15(12)14-7-3-5-11-4-1-2-6-13(11)14/h1-8,16H,9-10H2. The Morgan fingerprint density at radius 1 is 1.11 bits per heavy atom. The summed E-state index contributed by atoms with van der Waals surface area (Å²) in [6, 6.07) is 14.3. The molecule has 1 aliphatic heterocycles. The molecule has 90 valence electrons. The first-order valence-corrected chi connectivity index (χ1v) is 5.88. The predicted molar refractivity (Wildman–Crippen MR) is 70.9 cm³/mol. The predicted octanol–water partition coefficient (Wildman–Crippen LogP) is 2.33. The van der Waals surface area contributed by atoms with Crippen molar-refractivity contribution in [2.75, 3.05) is 13.3 Å². The fraction of sp³-hybridized carbons (Fsp3) is 0.133. The molecule has 3 heteroatoms. The number of carbonyl (C=O) groups excluding carboxylic acids is 1. The van der Waals surface area contributed by atoms with Crippen LogP contribution in [0.2, 0.25) is 0 Å². The average molecular weight is 239 g/mol. The SMILES string of the molecule is O=CC1=C(c2cccc3ccccc23)NCOC1. The van der Waals surface area contributed by atoms with E-state index >= 15 is 0 Å². The van der Waals surface area contributed by atoms with Gasteiger partial charge in [0.1, 0.15) is 13.0 Å². The number of aldehydes is 1. The highest BCUT2D eigenvalue weighted by molar-refractivity contribution is 5.98. The summed E-state index contributed by atoms with van der Waals surface area (Å²) >= 11 is 0. The van der Waals surface area contributed by atoms with Crippen molar-refractivity contribution < 1.29 is 9.53 Å². The van der Waals surface area contributed by atoms with Crippen molar-refractivity contribution in [2.24, 2.45) is 0 Å². The van der Waals surface area contributed by atoms with E-state index in [-0.39, 0.29) is 0 Å². The zero-order valence-electron chi connectivity index (χ0n) is 9.85. The van der Waals surface area contributed by atoms with E-state index in [1.165, 1.54) is 5.39 Å². The molecule has 0 spiro atoms. The normalized spacial score (nSPS) is 15.6. The van der Waals surface area contributed by atoms with Crippen LogP contribution in [0.3, 0.4) is 0 Å². The van der Waals surface area contributed by atoms with Crippen molar-refractivity contribution in [1.82, 2.24) is 5.32 Å².